The lowest BCUT2D eigenvalue weighted by molar-refractivity contribution is 0.253. The van der Waals surface area contributed by atoms with Crippen LogP contribution in [-0.2, 0) is 5.54 Å². The van der Waals surface area contributed by atoms with E-state index in [1.165, 1.54) is 60.5 Å². The number of hydrogen-bond donors (Lipinski definition) is 1. The van der Waals surface area contributed by atoms with Gasteiger partial charge in [-0.05, 0) is 106 Å². The van der Waals surface area contributed by atoms with Gasteiger partial charge in [-0.1, -0.05) is 56.3 Å². The van der Waals surface area contributed by atoms with Gasteiger partial charge in [0.15, 0.2) is 0 Å². The number of allylic oxidation sites excluding steroid dienone is 4. The number of hydrogen-bond acceptors (Lipinski definition) is 5. The lowest BCUT2D eigenvalue weighted by atomic mass is 9.73. The summed E-state index contributed by atoms with van der Waals surface area (Å²) in [4.78, 5) is 13.5. The lowest BCUT2D eigenvalue weighted by Crippen LogP contribution is -2.43. The molecule has 2 N–H and O–H groups in total. The van der Waals surface area contributed by atoms with Crippen molar-refractivity contribution in [3.8, 4) is 0 Å². The molecule has 2 aromatic heterocycles. The normalized spacial score (nSPS) is 18.2. The molecule has 2 fully saturated rings. The Balaban J connectivity index is 0.000000236. The van der Waals surface area contributed by atoms with E-state index in [0.29, 0.717) is 0 Å². The van der Waals surface area contributed by atoms with Gasteiger partial charge in [0.1, 0.15) is 0 Å². The molecule has 0 radical (unpaired) electrons. The fraction of sp³-hybridized carbons (Fsp3) is 0.429. The molecule has 4 nitrogen and oxygen atoms in total. The third-order valence-corrected chi connectivity index (χ3v) is 8.94. The molecule has 0 atom stereocenters. The van der Waals surface area contributed by atoms with E-state index in [2.05, 4.69) is 84.8 Å². The van der Waals surface area contributed by atoms with Crippen molar-refractivity contribution in [3.05, 3.63) is 99.7 Å². The first kappa shape index (κ1) is 30.0. The summed E-state index contributed by atoms with van der Waals surface area (Å²) in [6, 6.07) is 18.8. The molecule has 40 heavy (non-hydrogen) atoms. The summed E-state index contributed by atoms with van der Waals surface area (Å²) >= 11 is 1.72. The monoisotopic (exact) mass is 554 g/mol. The Hall–Kier alpha value is -3.02. The number of aryl methyl sites for hydroxylation is 1. The molecule has 2 aliphatic carbocycles. The van der Waals surface area contributed by atoms with Gasteiger partial charge in [0.05, 0.1) is 22.8 Å². The summed E-state index contributed by atoms with van der Waals surface area (Å²) in [6.45, 7) is 10.5. The lowest BCUT2D eigenvalue weighted by Gasteiger charge is -2.38. The van der Waals surface area contributed by atoms with Crippen LogP contribution in [0.1, 0.15) is 94.0 Å². The minimum atomic E-state index is 0.0151. The summed E-state index contributed by atoms with van der Waals surface area (Å²) in [5.41, 5.74) is 14.2. The topological polar surface area (TPSA) is 54.5 Å². The van der Waals surface area contributed by atoms with Crippen molar-refractivity contribution in [2.75, 3.05) is 13.1 Å². The summed E-state index contributed by atoms with van der Waals surface area (Å²) in [6.07, 6.45) is 14.6. The smallest absolute Gasteiger partial charge is 0.0846 e. The highest BCUT2D eigenvalue weighted by Gasteiger charge is 2.33. The van der Waals surface area contributed by atoms with E-state index < -0.39 is 0 Å². The number of thiophene rings is 1. The van der Waals surface area contributed by atoms with Crippen LogP contribution in [0, 0.1) is 6.92 Å². The van der Waals surface area contributed by atoms with Crippen LogP contribution in [0.5, 0.6) is 0 Å². The van der Waals surface area contributed by atoms with Crippen LogP contribution in [0.3, 0.4) is 0 Å². The molecule has 3 heterocycles. The highest BCUT2D eigenvalue weighted by atomic mass is 32.1. The van der Waals surface area contributed by atoms with E-state index in [4.69, 9.17) is 15.7 Å². The maximum atomic E-state index is 6.12. The van der Waals surface area contributed by atoms with Crippen molar-refractivity contribution in [1.29, 1.82) is 0 Å². The Morgan fingerprint density at radius 1 is 0.950 bits per heavy atom. The number of aromatic nitrogens is 1. The van der Waals surface area contributed by atoms with Gasteiger partial charge in [0, 0.05) is 29.2 Å². The highest BCUT2D eigenvalue weighted by Crippen LogP contribution is 2.38. The van der Waals surface area contributed by atoms with Crippen LogP contribution in [0.15, 0.2) is 82.8 Å². The first-order chi connectivity index (χ1) is 19.5. The number of rotatable bonds is 5. The van der Waals surface area contributed by atoms with Crippen LogP contribution >= 0.6 is 11.3 Å². The standard InChI is InChI=1S/C23H27N3S.C10H13N.C2H6/c1-17-21(25-18(2)23-10-7-15-27-23)11-12-22(24-17)19-8-6-9-20(16-19)26-13-4-3-5-14-26;11-10(7-4-8-10)9-5-2-1-3-6-9;1-2/h7-8,10-12,15-16H,3-6,9,13-14H2,1-2H3;1-3,5-6H,4,7-8,11H2;1-2H3. The molecule has 6 rings (SSSR count). The minimum Gasteiger partial charge on any atom is -0.375 e. The van der Waals surface area contributed by atoms with Gasteiger partial charge in [-0.15, -0.1) is 11.3 Å². The van der Waals surface area contributed by atoms with Crippen molar-refractivity contribution in [2.45, 2.75) is 84.6 Å². The third-order valence-electron chi connectivity index (χ3n) is 7.96. The van der Waals surface area contributed by atoms with Gasteiger partial charge in [-0.2, -0.15) is 0 Å². The molecule has 3 aliphatic rings. The fourth-order valence-corrected chi connectivity index (χ4v) is 6.14. The first-order valence-corrected chi connectivity index (χ1v) is 16.0. The van der Waals surface area contributed by atoms with Gasteiger partial charge in [-0.3, -0.25) is 9.98 Å². The predicted molar refractivity (Wildman–Crippen MR) is 173 cm³/mol. The van der Waals surface area contributed by atoms with E-state index in [9.17, 15) is 0 Å². The molecule has 0 spiro atoms. The molecule has 5 heteroatoms. The van der Waals surface area contributed by atoms with Crippen molar-refractivity contribution in [3.63, 3.8) is 0 Å². The van der Waals surface area contributed by atoms with Crippen LogP contribution in [0.25, 0.3) is 5.57 Å². The van der Waals surface area contributed by atoms with E-state index in [1.807, 2.05) is 19.9 Å². The minimum absolute atomic E-state index is 0.0151. The Kier molecular flexibility index (Phi) is 10.9. The Morgan fingerprint density at radius 2 is 1.70 bits per heavy atom. The van der Waals surface area contributed by atoms with E-state index in [1.54, 1.807) is 11.3 Å². The quantitative estimate of drug-likeness (QED) is 0.320. The van der Waals surface area contributed by atoms with Gasteiger partial charge in [-0.25, -0.2) is 0 Å². The van der Waals surface area contributed by atoms with Crippen molar-refractivity contribution >= 4 is 28.3 Å². The largest absolute Gasteiger partial charge is 0.375 e. The molecule has 0 bridgehead atoms. The molecular formula is C35H46N4S. The number of nitrogens with two attached hydrogens (primary N) is 1. The van der Waals surface area contributed by atoms with Crippen molar-refractivity contribution in [1.82, 2.24) is 9.88 Å². The fourth-order valence-electron chi connectivity index (χ4n) is 5.46. The number of benzene rings is 1. The van der Waals surface area contributed by atoms with Gasteiger partial charge in [0.25, 0.3) is 0 Å². The van der Waals surface area contributed by atoms with Crippen LogP contribution in [0.4, 0.5) is 5.69 Å². The maximum Gasteiger partial charge on any atom is 0.0846 e. The second kappa shape index (κ2) is 14.6. The molecule has 1 aliphatic heterocycles. The summed E-state index contributed by atoms with van der Waals surface area (Å²) in [5, 5.41) is 2.09. The van der Waals surface area contributed by atoms with Gasteiger partial charge < -0.3 is 10.6 Å². The maximum absolute atomic E-state index is 6.12. The zero-order valence-corrected chi connectivity index (χ0v) is 25.6. The van der Waals surface area contributed by atoms with Crippen molar-refractivity contribution < 1.29 is 0 Å². The molecule has 0 unspecified atom stereocenters. The number of likely N-dealkylation sites (tertiary alicyclic amines) is 1. The van der Waals surface area contributed by atoms with Crippen molar-refractivity contribution in [2.24, 2.45) is 10.7 Å². The average Bonchev–Trinajstić information content (AvgIpc) is 3.55. The van der Waals surface area contributed by atoms with E-state index in [-0.39, 0.29) is 5.54 Å². The first-order valence-electron chi connectivity index (χ1n) is 15.1. The molecule has 1 saturated carbocycles. The second-order valence-corrected chi connectivity index (χ2v) is 11.7. The Labute approximate surface area is 245 Å². The van der Waals surface area contributed by atoms with E-state index in [0.717, 1.165) is 48.5 Å². The summed E-state index contributed by atoms with van der Waals surface area (Å²) < 4.78 is 0. The Morgan fingerprint density at radius 3 is 2.33 bits per heavy atom. The van der Waals surface area contributed by atoms with Gasteiger partial charge in [0.2, 0.25) is 0 Å². The van der Waals surface area contributed by atoms with E-state index >= 15 is 0 Å². The molecule has 1 aromatic carbocycles. The Bertz CT molecular complexity index is 1290. The van der Waals surface area contributed by atoms with Crippen LogP contribution in [-0.4, -0.2) is 28.7 Å². The SMILES string of the molecule is CC.CC(=Nc1ccc(C2=CCCC(N3CCCCC3)=C2)nc1C)c1cccs1.NC1(c2ccccc2)CCC1. The molecule has 0 amide bonds. The van der Waals surface area contributed by atoms with Crippen LogP contribution < -0.4 is 5.73 Å². The van der Waals surface area contributed by atoms with Gasteiger partial charge >= 0.3 is 0 Å². The van der Waals surface area contributed by atoms with Crippen LogP contribution in [0.2, 0.25) is 0 Å². The predicted octanol–water partition coefficient (Wildman–Crippen LogP) is 9.19. The summed E-state index contributed by atoms with van der Waals surface area (Å²) in [5.74, 6) is 0. The molecule has 212 valence electrons. The number of aliphatic imine (C=N–C) groups is 1. The number of piperidine rings is 1. The molecule has 1 saturated heterocycles. The third kappa shape index (κ3) is 7.58. The number of nitrogens with zero attached hydrogens (tertiary/aromatic N) is 3. The average molecular weight is 555 g/mol. The molecular weight excluding hydrogens is 508 g/mol. The number of pyridine rings is 1. The highest BCUT2D eigenvalue weighted by molar-refractivity contribution is 7.12. The second-order valence-electron chi connectivity index (χ2n) is 10.7. The summed E-state index contributed by atoms with van der Waals surface area (Å²) in [7, 11) is 0. The zero-order chi connectivity index (χ0) is 28.4. The molecule has 3 aromatic rings. The zero-order valence-electron chi connectivity index (χ0n) is 24.8.